The normalized spacial score (nSPS) is 10.1. The highest BCUT2D eigenvalue weighted by atomic mass is 32.2. The molecule has 0 bridgehead atoms. The molecule has 0 spiro atoms. The molecule has 2 heterocycles. The van der Waals surface area contributed by atoms with Gasteiger partial charge in [0, 0.05) is 18.9 Å². The van der Waals surface area contributed by atoms with E-state index in [-0.39, 0.29) is 0 Å². The third kappa shape index (κ3) is 2.93. The lowest BCUT2D eigenvalue weighted by Gasteiger charge is -2.05. The molecule has 0 saturated heterocycles. The topological polar surface area (TPSA) is 50.7 Å². The van der Waals surface area contributed by atoms with Crippen LogP contribution in [0.3, 0.4) is 0 Å². The summed E-state index contributed by atoms with van der Waals surface area (Å²) < 4.78 is 0. The summed E-state index contributed by atoms with van der Waals surface area (Å²) in [5.41, 5.74) is 1.17. The first-order valence-corrected chi connectivity index (χ1v) is 6.10. The van der Waals surface area contributed by atoms with E-state index in [4.69, 9.17) is 0 Å². The molecule has 1 N–H and O–H groups in total. The monoisotopic (exact) mass is 232 g/mol. The average Bonchev–Trinajstić information content (AvgIpc) is 2.38. The minimum Gasteiger partial charge on any atom is -0.365 e. The van der Waals surface area contributed by atoms with Crippen molar-refractivity contribution in [2.24, 2.45) is 0 Å². The predicted octanol–water partition coefficient (Wildman–Crippen LogP) is 2.21. The fourth-order valence-electron chi connectivity index (χ4n) is 1.22. The maximum atomic E-state index is 4.38. The van der Waals surface area contributed by atoms with Gasteiger partial charge >= 0.3 is 0 Å². The van der Waals surface area contributed by atoms with E-state index in [9.17, 15) is 0 Å². The number of rotatable bonds is 4. The lowest BCUT2D eigenvalue weighted by atomic mass is 10.3. The Morgan fingerprint density at radius 3 is 2.75 bits per heavy atom. The average molecular weight is 232 g/mol. The first-order valence-electron chi connectivity index (χ1n) is 4.87. The smallest absolute Gasteiger partial charge is 0.146 e. The van der Waals surface area contributed by atoms with Crippen molar-refractivity contribution in [3.63, 3.8) is 0 Å². The van der Waals surface area contributed by atoms with E-state index in [0.717, 1.165) is 17.4 Å². The van der Waals surface area contributed by atoms with E-state index in [2.05, 4.69) is 20.3 Å². The summed E-state index contributed by atoms with van der Waals surface area (Å²) in [6, 6.07) is 3.94. The number of hydrogen-bond acceptors (Lipinski definition) is 5. The van der Waals surface area contributed by atoms with Gasteiger partial charge in [-0.2, -0.15) is 0 Å². The van der Waals surface area contributed by atoms with Gasteiger partial charge in [0.2, 0.25) is 0 Å². The van der Waals surface area contributed by atoms with Gasteiger partial charge in [0.15, 0.2) is 0 Å². The van der Waals surface area contributed by atoms with Crippen LogP contribution in [0.15, 0.2) is 41.9 Å². The molecule has 0 aromatic carbocycles. The summed E-state index contributed by atoms with van der Waals surface area (Å²) in [6.07, 6.45) is 9.02. The molecule has 0 radical (unpaired) electrons. The van der Waals surface area contributed by atoms with Crippen molar-refractivity contribution in [1.29, 1.82) is 0 Å². The summed E-state index contributed by atoms with van der Waals surface area (Å²) in [5, 5.41) is 4.14. The highest BCUT2D eigenvalue weighted by Crippen LogP contribution is 2.12. The molecule has 0 fully saturated rings. The molecular weight excluding hydrogens is 220 g/mol. The van der Waals surface area contributed by atoms with Gasteiger partial charge in [-0.3, -0.25) is 9.97 Å². The molecule has 0 atom stereocenters. The van der Waals surface area contributed by atoms with Gasteiger partial charge in [-0.1, -0.05) is 0 Å². The van der Waals surface area contributed by atoms with Crippen LogP contribution in [0.1, 0.15) is 5.56 Å². The second-order valence-corrected chi connectivity index (χ2v) is 3.98. The Morgan fingerprint density at radius 1 is 1.19 bits per heavy atom. The molecule has 16 heavy (non-hydrogen) atoms. The van der Waals surface area contributed by atoms with Crippen molar-refractivity contribution in [3.05, 3.63) is 42.5 Å². The van der Waals surface area contributed by atoms with E-state index in [1.54, 1.807) is 36.5 Å². The highest BCUT2D eigenvalue weighted by molar-refractivity contribution is 7.98. The van der Waals surface area contributed by atoms with E-state index in [1.165, 1.54) is 5.56 Å². The number of anilines is 1. The number of thioether (sulfide) groups is 1. The Morgan fingerprint density at radius 2 is 2.00 bits per heavy atom. The summed E-state index contributed by atoms with van der Waals surface area (Å²) in [6.45, 7) is 0.731. The van der Waals surface area contributed by atoms with Crippen molar-refractivity contribution in [2.75, 3.05) is 11.6 Å². The third-order valence-electron chi connectivity index (χ3n) is 2.04. The summed E-state index contributed by atoms with van der Waals surface area (Å²) in [5.74, 6) is 0.795. The molecular formula is C11H12N4S. The van der Waals surface area contributed by atoms with Crippen LogP contribution in [0.5, 0.6) is 0 Å². The molecule has 0 aliphatic heterocycles. The van der Waals surface area contributed by atoms with Crippen LogP contribution < -0.4 is 5.32 Å². The molecule has 4 nitrogen and oxygen atoms in total. The summed E-state index contributed by atoms with van der Waals surface area (Å²) in [4.78, 5) is 12.5. The van der Waals surface area contributed by atoms with E-state index < -0.39 is 0 Å². The zero-order chi connectivity index (χ0) is 11.2. The van der Waals surface area contributed by atoms with Gasteiger partial charge in [0.25, 0.3) is 0 Å². The first-order chi connectivity index (χ1) is 7.88. The zero-order valence-electron chi connectivity index (χ0n) is 8.92. The van der Waals surface area contributed by atoms with Gasteiger partial charge < -0.3 is 5.32 Å². The number of aromatic nitrogens is 3. The summed E-state index contributed by atoms with van der Waals surface area (Å²) in [7, 11) is 0. The number of nitrogens with zero attached hydrogens (tertiary/aromatic N) is 3. The maximum Gasteiger partial charge on any atom is 0.146 e. The van der Waals surface area contributed by atoms with Gasteiger partial charge in [0.05, 0.1) is 12.4 Å². The van der Waals surface area contributed by atoms with E-state index in [1.807, 2.05) is 18.4 Å². The van der Waals surface area contributed by atoms with Crippen LogP contribution in [0.4, 0.5) is 5.82 Å². The fourth-order valence-corrected chi connectivity index (χ4v) is 1.58. The van der Waals surface area contributed by atoms with Gasteiger partial charge in [-0.05, 0) is 24.0 Å². The molecule has 2 aromatic heterocycles. The zero-order valence-corrected chi connectivity index (χ0v) is 9.74. The number of pyridine rings is 1. The van der Waals surface area contributed by atoms with Crippen LogP contribution in [-0.2, 0) is 6.54 Å². The van der Waals surface area contributed by atoms with Crippen LogP contribution in [0.2, 0.25) is 0 Å². The molecule has 0 saturated carbocycles. The number of hydrogen-bond donors (Lipinski definition) is 1. The standard InChI is InChI=1S/C11H12N4S/c1-16-11-8-13-7-10(15-11)14-6-9-2-4-12-5-3-9/h2-5,7-8H,6H2,1H3,(H,14,15). The molecule has 0 amide bonds. The second-order valence-electron chi connectivity index (χ2n) is 3.16. The fraction of sp³-hybridized carbons (Fsp3) is 0.182. The van der Waals surface area contributed by atoms with E-state index >= 15 is 0 Å². The van der Waals surface area contributed by atoms with Crippen molar-refractivity contribution in [2.45, 2.75) is 11.6 Å². The lowest BCUT2D eigenvalue weighted by molar-refractivity contribution is 1.02. The maximum absolute atomic E-state index is 4.38. The van der Waals surface area contributed by atoms with Crippen molar-refractivity contribution in [1.82, 2.24) is 15.0 Å². The quantitative estimate of drug-likeness (QED) is 0.819. The summed E-state index contributed by atoms with van der Waals surface area (Å²) >= 11 is 1.58. The van der Waals surface area contributed by atoms with Gasteiger partial charge in [-0.15, -0.1) is 11.8 Å². The molecule has 2 rings (SSSR count). The Labute approximate surface area is 98.6 Å². The minimum atomic E-state index is 0.731. The molecule has 5 heteroatoms. The molecule has 0 unspecified atom stereocenters. The van der Waals surface area contributed by atoms with Crippen LogP contribution in [0, 0.1) is 0 Å². The Kier molecular flexibility index (Phi) is 3.71. The molecule has 0 aliphatic rings. The van der Waals surface area contributed by atoms with E-state index in [0.29, 0.717) is 0 Å². The van der Waals surface area contributed by atoms with Crippen LogP contribution in [0.25, 0.3) is 0 Å². The Bertz CT molecular complexity index is 447. The highest BCUT2D eigenvalue weighted by Gasteiger charge is 1.97. The Balaban J connectivity index is 1.99. The third-order valence-corrected chi connectivity index (χ3v) is 2.66. The van der Waals surface area contributed by atoms with Crippen LogP contribution in [-0.4, -0.2) is 21.2 Å². The van der Waals surface area contributed by atoms with Gasteiger partial charge in [-0.25, -0.2) is 4.98 Å². The molecule has 2 aromatic rings. The number of nitrogens with one attached hydrogen (secondary N) is 1. The van der Waals surface area contributed by atoms with Crippen molar-refractivity contribution < 1.29 is 0 Å². The van der Waals surface area contributed by atoms with Crippen LogP contribution >= 0.6 is 11.8 Å². The molecule has 0 aliphatic carbocycles. The predicted molar refractivity (Wildman–Crippen MR) is 65.4 cm³/mol. The second kappa shape index (κ2) is 5.46. The van der Waals surface area contributed by atoms with Crippen molar-refractivity contribution in [3.8, 4) is 0 Å². The Hall–Kier alpha value is -1.62. The SMILES string of the molecule is CSc1cncc(NCc2ccncc2)n1. The first kappa shape index (κ1) is 10.9. The largest absolute Gasteiger partial charge is 0.365 e. The lowest BCUT2D eigenvalue weighted by Crippen LogP contribution is -2.02. The van der Waals surface area contributed by atoms with Gasteiger partial charge in [0.1, 0.15) is 10.8 Å². The minimum absolute atomic E-state index is 0.731. The molecule has 82 valence electrons. The van der Waals surface area contributed by atoms with Crippen molar-refractivity contribution >= 4 is 17.6 Å².